The molecule has 1 aromatic carbocycles. The minimum absolute atomic E-state index is 0.0999. The van der Waals surface area contributed by atoms with Gasteiger partial charge in [-0.2, -0.15) is 0 Å². The highest BCUT2D eigenvalue weighted by atomic mass is 16.5. The topological polar surface area (TPSA) is 9.23 Å². The Morgan fingerprint density at radius 2 is 1.83 bits per heavy atom. The maximum atomic E-state index is 6.35. The van der Waals surface area contributed by atoms with Crippen molar-refractivity contribution in [3.63, 3.8) is 0 Å². The van der Waals surface area contributed by atoms with Crippen LogP contribution in [-0.2, 0) is 0 Å². The molecule has 1 nitrogen and oxygen atoms in total. The molecule has 0 bridgehead atoms. The second kappa shape index (κ2) is 6.08. The third-order valence-corrected chi connectivity index (χ3v) is 3.92. The quantitative estimate of drug-likeness (QED) is 0.690. The van der Waals surface area contributed by atoms with E-state index in [4.69, 9.17) is 4.74 Å². The Morgan fingerprint density at radius 3 is 2.39 bits per heavy atom. The summed E-state index contributed by atoms with van der Waals surface area (Å²) in [4.78, 5) is 0. The van der Waals surface area contributed by atoms with Crippen LogP contribution in [0.5, 0.6) is 5.75 Å². The maximum Gasteiger partial charge on any atom is 0.120 e. The molecule has 0 aromatic heterocycles. The lowest BCUT2D eigenvalue weighted by Gasteiger charge is -2.37. The summed E-state index contributed by atoms with van der Waals surface area (Å²) in [6, 6.07) is 8.29. The molecule has 0 aliphatic heterocycles. The van der Waals surface area contributed by atoms with Gasteiger partial charge in [-0.1, -0.05) is 44.6 Å². The summed E-state index contributed by atoms with van der Waals surface area (Å²) in [5.41, 5.74) is 1.25. The number of hydrogen-bond acceptors (Lipinski definition) is 1. The summed E-state index contributed by atoms with van der Waals surface area (Å²) in [6.07, 6.45) is 10.7. The molecule has 0 saturated heterocycles. The van der Waals surface area contributed by atoms with E-state index >= 15 is 0 Å². The molecule has 0 amide bonds. The van der Waals surface area contributed by atoms with Crippen LogP contribution in [0.2, 0.25) is 0 Å². The Labute approximate surface area is 111 Å². The molecule has 0 N–H and O–H groups in total. The zero-order valence-electron chi connectivity index (χ0n) is 11.5. The van der Waals surface area contributed by atoms with Gasteiger partial charge in [0, 0.05) is 0 Å². The van der Waals surface area contributed by atoms with E-state index in [-0.39, 0.29) is 5.60 Å². The monoisotopic (exact) mass is 244 g/mol. The number of rotatable bonds is 5. The van der Waals surface area contributed by atoms with E-state index in [9.17, 15) is 0 Å². The van der Waals surface area contributed by atoms with E-state index in [0.29, 0.717) is 0 Å². The molecule has 1 aromatic rings. The van der Waals surface area contributed by atoms with Gasteiger partial charge in [0.2, 0.25) is 0 Å². The van der Waals surface area contributed by atoms with Gasteiger partial charge in [0.05, 0.1) is 0 Å². The third-order valence-electron chi connectivity index (χ3n) is 3.92. The smallest absolute Gasteiger partial charge is 0.120 e. The molecule has 18 heavy (non-hydrogen) atoms. The first-order chi connectivity index (χ1) is 8.78. The van der Waals surface area contributed by atoms with Gasteiger partial charge in [-0.05, 0) is 49.8 Å². The molecule has 0 heterocycles. The molecule has 1 saturated carbocycles. The average Bonchev–Trinajstić information content (AvgIpc) is 2.41. The minimum atomic E-state index is 0.0999. The van der Waals surface area contributed by atoms with E-state index in [1.807, 2.05) is 6.08 Å². The second-order valence-electron chi connectivity index (χ2n) is 5.37. The molecular formula is C17H24O. The largest absolute Gasteiger partial charge is 0.487 e. The van der Waals surface area contributed by atoms with Crippen molar-refractivity contribution in [2.75, 3.05) is 0 Å². The highest BCUT2D eigenvalue weighted by Crippen LogP contribution is 2.36. The van der Waals surface area contributed by atoms with Crippen molar-refractivity contribution >= 4 is 6.08 Å². The molecule has 98 valence electrons. The summed E-state index contributed by atoms with van der Waals surface area (Å²) in [5.74, 6) is 1.01. The predicted octanol–water partition coefficient (Wildman–Crippen LogP) is 5.21. The summed E-state index contributed by atoms with van der Waals surface area (Å²) >= 11 is 0. The normalized spacial score (nSPS) is 18.3. The van der Waals surface area contributed by atoms with Gasteiger partial charge in [-0.15, -0.1) is 0 Å². The van der Waals surface area contributed by atoms with E-state index in [0.717, 1.165) is 11.3 Å². The molecule has 2 rings (SSSR count). The first-order valence-electron chi connectivity index (χ1n) is 7.19. The molecular weight excluding hydrogens is 220 g/mol. The summed E-state index contributed by atoms with van der Waals surface area (Å²) in [5, 5.41) is 0. The molecule has 0 atom stereocenters. The fourth-order valence-corrected chi connectivity index (χ4v) is 2.98. The lowest BCUT2D eigenvalue weighted by Crippen LogP contribution is -2.38. The Hall–Kier alpha value is -1.24. The average molecular weight is 244 g/mol. The summed E-state index contributed by atoms with van der Waals surface area (Å²) < 4.78 is 6.35. The van der Waals surface area contributed by atoms with E-state index in [2.05, 4.69) is 37.8 Å². The zero-order valence-corrected chi connectivity index (χ0v) is 11.5. The van der Waals surface area contributed by atoms with Crippen molar-refractivity contribution < 1.29 is 4.74 Å². The van der Waals surface area contributed by atoms with E-state index in [1.54, 1.807) is 0 Å². The molecule has 1 fully saturated rings. The van der Waals surface area contributed by atoms with Crippen LogP contribution in [0.1, 0.15) is 57.4 Å². The molecule has 1 heteroatoms. The Morgan fingerprint density at radius 1 is 1.17 bits per heavy atom. The second-order valence-corrected chi connectivity index (χ2v) is 5.37. The first kappa shape index (κ1) is 13.2. The van der Waals surface area contributed by atoms with Crippen LogP contribution < -0.4 is 4.74 Å². The minimum Gasteiger partial charge on any atom is -0.487 e. The SMILES string of the molecule is C=Cc1ccc(OC2(CCC)CCCCC2)cc1. The van der Waals surface area contributed by atoms with Crippen molar-refractivity contribution in [2.24, 2.45) is 0 Å². The van der Waals surface area contributed by atoms with Crippen molar-refractivity contribution in [1.82, 2.24) is 0 Å². The zero-order chi connectivity index (χ0) is 12.8. The van der Waals surface area contributed by atoms with Gasteiger partial charge in [-0.25, -0.2) is 0 Å². The fourth-order valence-electron chi connectivity index (χ4n) is 2.98. The van der Waals surface area contributed by atoms with Crippen molar-refractivity contribution in [3.8, 4) is 5.75 Å². The maximum absolute atomic E-state index is 6.35. The summed E-state index contributed by atoms with van der Waals surface area (Å²) in [7, 11) is 0. The van der Waals surface area contributed by atoms with Gasteiger partial charge in [0.25, 0.3) is 0 Å². The molecule has 0 radical (unpaired) electrons. The lowest BCUT2D eigenvalue weighted by molar-refractivity contribution is 0.0213. The van der Waals surface area contributed by atoms with Crippen LogP contribution >= 0.6 is 0 Å². The van der Waals surface area contributed by atoms with Crippen LogP contribution in [0.25, 0.3) is 6.08 Å². The number of hydrogen-bond donors (Lipinski definition) is 0. The molecule has 1 aliphatic rings. The lowest BCUT2D eigenvalue weighted by atomic mass is 9.81. The Kier molecular flexibility index (Phi) is 4.46. The van der Waals surface area contributed by atoms with Crippen LogP contribution in [0, 0.1) is 0 Å². The van der Waals surface area contributed by atoms with Crippen molar-refractivity contribution in [2.45, 2.75) is 57.5 Å². The van der Waals surface area contributed by atoms with E-state index < -0.39 is 0 Å². The van der Waals surface area contributed by atoms with Crippen LogP contribution in [-0.4, -0.2) is 5.60 Å². The predicted molar refractivity (Wildman–Crippen MR) is 77.9 cm³/mol. The molecule has 1 aliphatic carbocycles. The van der Waals surface area contributed by atoms with Crippen molar-refractivity contribution in [3.05, 3.63) is 36.4 Å². The standard InChI is InChI=1S/C17H24O/c1-3-12-17(13-6-5-7-14-17)18-16-10-8-15(4-2)9-11-16/h4,8-11H,2-3,5-7,12-14H2,1H3. The fraction of sp³-hybridized carbons (Fsp3) is 0.529. The Balaban J connectivity index is 2.09. The highest BCUT2D eigenvalue weighted by Gasteiger charge is 2.33. The van der Waals surface area contributed by atoms with E-state index in [1.165, 1.54) is 44.9 Å². The van der Waals surface area contributed by atoms with Gasteiger partial charge in [0.15, 0.2) is 0 Å². The van der Waals surface area contributed by atoms with Crippen LogP contribution in [0.4, 0.5) is 0 Å². The van der Waals surface area contributed by atoms with Gasteiger partial charge in [-0.3, -0.25) is 0 Å². The first-order valence-corrected chi connectivity index (χ1v) is 7.19. The van der Waals surface area contributed by atoms with Crippen LogP contribution in [0.3, 0.4) is 0 Å². The summed E-state index contributed by atoms with van der Waals surface area (Å²) in [6.45, 7) is 6.03. The number of benzene rings is 1. The third kappa shape index (κ3) is 3.16. The Bertz CT molecular complexity index is 366. The van der Waals surface area contributed by atoms with Gasteiger partial charge < -0.3 is 4.74 Å². The van der Waals surface area contributed by atoms with Crippen LogP contribution in [0.15, 0.2) is 30.8 Å². The molecule has 0 unspecified atom stereocenters. The molecule has 0 spiro atoms. The van der Waals surface area contributed by atoms with Crippen molar-refractivity contribution in [1.29, 1.82) is 0 Å². The van der Waals surface area contributed by atoms with Gasteiger partial charge >= 0.3 is 0 Å². The van der Waals surface area contributed by atoms with Gasteiger partial charge in [0.1, 0.15) is 11.4 Å². The number of ether oxygens (including phenoxy) is 1. The highest BCUT2D eigenvalue weighted by molar-refractivity contribution is 5.48.